The molecule has 1 N–H and O–H groups in total. The van der Waals surface area contributed by atoms with E-state index in [-0.39, 0.29) is 27.6 Å². The van der Waals surface area contributed by atoms with Gasteiger partial charge in [0.2, 0.25) is 0 Å². The highest BCUT2D eigenvalue weighted by molar-refractivity contribution is 6.51. The molecular formula is C37H45NO4. The van der Waals surface area contributed by atoms with E-state index in [9.17, 15) is 14.7 Å². The summed E-state index contributed by atoms with van der Waals surface area (Å²) in [5, 5.41) is 11.8. The molecule has 5 nitrogen and oxygen atoms in total. The molecule has 0 saturated carbocycles. The lowest BCUT2D eigenvalue weighted by molar-refractivity contribution is -0.132. The van der Waals surface area contributed by atoms with Crippen LogP contribution in [0, 0.1) is 0 Å². The molecule has 0 radical (unpaired) electrons. The minimum atomic E-state index is -0.788. The summed E-state index contributed by atoms with van der Waals surface area (Å²) >= 11 is 0. The normalized spacial score (nSPS) is 17.6. The molecule has 3 aromatic rings. The van der Waals surface area contributed by atoms with Gasteiger partial charge in [0.05, 0.1) is 18.2 Å². The lowest BCUT2D eigenvalue weighted by Gasteiger charge is -2.28. The molecule has 42 heavy (non-hydrogen) atoms. The number of nitrogens with zero attached hydrogens (tertiary/aromatic N) is 1. The Labute approximate surface area is 251 Å². The van der Waals surface area contributed by atoms with Crippen LogP contribution in [0.25, 0.3) is 5.76 Å². The van der Waals surface area contributed by atoms with Crippen molar-refractivity contribution in [2.75, 3.05) is 11.5 Å². The topological polar surface area (TPSA) is 66.8 Å². The van der Waals surface area contributed by atoms with Crippen molar-refractivity contribution >= 4 is 23.1 Å². The van der Waals surface area contributed by atoms with Crippen LogP contribution in [0.1, 0.15) is 103 Å². The zero-order chi connectivity index (χ0) is 31.2. The largest absolute Gasteiger partial charge is 0.507 e. The number of benzene rings is 3. The third-order valence-corrected chi connectivity index (χ3v) is 7.91. The molecule has 222 valence electrons. The molecule has 0 bridgehead atoms. The van der Waals surface area contributed by atoms with Gasteiger partial charge in [-0.25, -0.2) is 0 Å². The van der Waals surface area contributed by atoms with E-state index in [1.165, 1.54) is 4.90 Å². The minimum absolute atomic E-state index is 0.0607. The average Bonchev–Trinajstić information content (AvgIpc) is 3.17. The van der Waals surface area contributed by atoms with Gasteiger partial charge in [-0.2, -0.15) is 0 Å². The summed E-state index contributed by atoms with van der Waals surface area (Å²) in [7, 11) is 0. The monoisotopic (exact) mass is 567 g/mol. The van der Waals surface area contributed by atoms with Gasteiger partial charge >= 0.3 is 0 Å². The van der Waals surface area contributed by atoms with E-state index in [4.69, 9.17) is 4.74 Å². The van der Waals surface area contributed by atoms with Crippen molar-refractivity contribution in [1.29, 1.82) is 0 Å². The van der Waals surface area contributed by atoms with E-state index < -0.39 is 17.7 Å². The van der Waals surface area contributed by atoms with Crippen molar-refractivity contribution in [3.63, 3.8) is 0 Å². The molecule has 5 heteroatoms. The zero-order valence-corrected chi connectivity index (χ0v) is 26.8. The summed E-state index contributed by atoms with van der Waals surface area (Å²) in [6, 6.07) is 20.4. The van der Waals surface area contributed by atoms with Crippen LogP contribution in [0.5, 0.6) is 5.75 Å². The Hall–Kier alpha value is -3.86. The number of amides is 1. The fourth-order valence-electron chi connectivity index (χ4n) is 5.40. The number of rotatable bonds is 5. The predicted octanol–water partition coefficient (Wildman–Crippen LogP) is 8.60. The summed E-state index contributed by atoms with van der Waals surface area (Å²) in [4.78, 5) is 29.0. The van der Waals surface area contributed by atoms with Gasteiger partial charge < -0.3 is 9.84 Å². The van der Waals surface area contributed by atoms with E-state index in [1.54, 1.807) is 6.07 Å². The SMILES string of the molecule is CCOc1ccc(/C(O)=C2/C(=O)C(=O)N(c3ccc(C(C)(C)C)cc3)C2c2ccc(C(C)(C)C)cc2)cc1C(C)(C)C. The maximum atomic E-state index is 13.8. The lowest BCUT2D eigenvalue weighted by atomic mass is 9.84. The first-order valence-electron chi connectivity index (χ1n) is 14.7. The fraction of sp³-hybridized carbons (Fsp3) is 0.405. The van der Waals surface area contributed by atoms with Crippen LogP contribution in [-0.4, -0.2) is 23.4 Å². The van der Waals surface area contributed by atoms with Crippen LogP contribution in [0.3, 0.4) is 0 Å². The van der Waals surface area contributed by atoms with E-state index in [0.717, 1.165) is 28.0 Å². The molecule has 1 atom stereocenters. The van der Waals surface area contributed by atoms with Crippen molar-refractivity contribution in [2.24, 2.45) is 0 Å². The molecule has 1 saturated heterocycles. The molecule has 1 fully saturated rings. The molecule has 1 amide bonds. The number of carbonyl (C=O) groups excluding carboxylic acids is 2. The van der Waals surface area contributed by atoms with Gasteiger partial charge in [0.15, 0.2) is 0 Å². The number of ether oxygens (including phenoxy) is 1. The van der Waals surface area contributed by atoms with Gasteiger partial charge in [-0.05, 0) is 70.2 Å². The Morgan fingerprint density at radius 1 is 0.762 bits per heavy atom. The molecule has 0 aliphatic carbocycles. The molecule has 1 unspecified atom stereocenters. The average molecular weight is 568 g/mol. The van der Waals surface area contributed by atoms with E-state index in [0.29, 0.717) is 17.9 Å². The number of aliphatic hydroxyl groups is 1. The van der Waals surface area contributed by atoms with Gasteiger partial charge in [-0.15, -0.1) is 0 Å². The van der Waals surface area contributed by atoms with Crippen molar-refractivity contribution in [3.05, 3.63) is 100 Å². The minimum Gasteiger partial charge on any atom is -0.507 e. The summed E-state index contributed by atoms with van der Waals surface area (Å²) in [5.74, 6) is -0.828. The number of aliphatic hydroxyl groups excluding tert-OH is 1. The molecule has 1 aliphatic rings. The first-order chi connectivity index (χ1) is 19.4. The van der Waals surface area contributed by atoms with Crippen molar-refractivity contribution < 1.29 is 19.4 Å². The number of hydrogen-bond acceptors (Lipinski definition) is 4. The van der Waals surface area contributed by atoms with Crippen LogP contribution < -0.4 is 9.64 Å². The molecule has 1 heterocycles. The Morgan fingerprint density at radius 2 is 1.29 bits per heavy atom. The number of ketones is 1. The molecule has 0 aromatic heterocycles. The first kappa shape index (κ1) is 31.1. The molecule has 1 aliphatic heterocycles. The van der Waals surface area contributed by atoms with Gasteiger partial charge in [0, 0.05) is 16.8 Å². The highest BCUT2D eigenvalue weighted by atomic mass is 16.5. The first-order valence-corrected chi connectivity index (χ1v) is 14.7. The second kappa shape index (κ2) is 11.1. The fourth-order valence-corrected chi connectivity index (χ4v) is 5.40. The number of anilines is 1. The lowest BCUT2D eigenvalue weighted by Crippen LogP contribution is -2.29. The number of hydrogen-bond donors (Lipinski definition) is 1. The Kier molecular flexibility index (Phi) is 8.21. The highest BCUT2D eigenvalue weighted by Crippen LogP contribution is 2.44. The van der Waals surface area contributed by atoms with Crippen LogP contribution in [0.15, 0.2) is 72.3 Å². The molecule has 3 aromatic carbocycles. The van der Waals surface area contributed by atoms with Crippen molar-refractivity contribution in [1.82, 2.24) is 0 Å². The second-order valence-corrected chi connectivity index (χ2v) is 14.2. The second-order valence-electron chi connectivity index (χ2n) is 14.2. The van der Waals surface area contributed by atoms with Gasteiger partial charge in [0.1, 0.15) is 11.5 Å². The summed E-state index contributed by atoms with van der Waals surface area (Å²) in [5.41, 5.74) is 4.69. The van der Waals surface area contributed by atoms with Crippen molar-refractivity contribution in [3.8, 4) is 5.75 Å². The zero-order valence-electron chi connectivity index (χ0n) is 26.8. The highest BCUT2D eigenvalue weighted by Gasteiger charge is 2.47. The third-order valence-electron chi connectivity index (χ3n) is 7.91. The van der Waals surface area contributed by atoms with E-state index in [1.807, 2.05) is 67.6 Å². The number of Topliss-reactive ketones (excluding diaryl/α,β-unsaturated/α-hetero) is 1. The summed E-state index contributed by atoms with van der Waals surface area (Å²) in [6.45, 7) is 21.5. The summed E-state index contributed by atoms with van der Waals surface area (Å²) in [6.07, 6.45) is 0. The predicted molar refractivity (Wildman–Crippen MR) is 171 cm³/mol. The van der Waals surface area contributed by atoms with Gasteiger partial charge in [-0.1, -0.05) is 98.7 Å². The molecular weight excluding hydrogens is 522 g/mol. The quantitative estimate of drug-likeness (QED) is 0.190. The Bertz CT molecular complexity index is 1510. The van der Waals surface area contributed by atoms with Crippen LogP contribution in [-0.2, 0) is 25.8 Å². The van der Waals surface area contributed by atoms with Crippen LogP contribution >= 0.6 is 0 Å². The van der Waals surface area contributed by atoms with Gasteiger partial charge in [0.25, 0.3) is 11.7 Å². The van der Waals surface area contributed by atoms with Crippen LogP contribution in [0.4, 0.5) is 5.69 Å². The molecule has 4 rings (SSSR count). The Morgan fingerprint density at radius 3 is 1.76 bits per heavy atom. The van der Waals surface area contributed by atoms with Crippen LogP contribution in [0.2, 0.25) is 0 Å². The van der Waals surface area contributed by atoms with Crippen molar-refractivity contribution in [2.45, 2.75) is 91.5 Å². The van der Waals surface area contributed by atoms with E-state index >= 15 is 0 Å². The number of carbonyl (C=O) groups is 2. The smallest absolute Gasteiger partial charge is 0.300 e. The Balaban J connectivity index is 1.94. The van der Waals surface area contributed by atoms with Gasteiger partial charge in [-0.3, -0.25) is 14.5 Å². The maximum Gasteiger partial charge on any atom is 0.300 e. The third kappa shape index (κ3) is 6.01. The summed E-state index contributed by atoms with van der Waals surface area (Å²) < 4.78 is 5.87. The standard InChI is InChI=1S/C37H45NO4/c1-11-42-29-21-14-24(22-28(29)37(8,9)10)32(39)30-31(23-12-15-25(16-13-23)35(2,3)4)38(34(41)33(30)40)27-19-17-26(18-20-27)36(5,6)7/h12-22,31,39H,11H2,1-10H3/b32-30-. The van der Waals surface area contributed by atoms with E-state index in [2.05, 4.69) is 62.3 Å². The maximum absolute atomic E-state index is 13.8. The molecule has 0 spiro atoms.